The molecule has 0 aliphatic heterocycles. The van der Waals surface area contributed by atoms with Crippen LogP contribution in [0, 0.1) is 0 Å². The standard InChI is InChI=1S/C41H28NOP/c43-44(33-17-3-1-4-18-33,34-19-5-2-6-20-34)35-21-12-15-31(28-35)30-14-11-16-32(27-30)41-38-26-25-29-13-7-8-22-36(29)40(38)37-23-9-10-24-39(37)42-41/h1-28H. The lowest BCUT2D eigenvalue weighted by Gasteiger charge is -2.20. The molecule has 8 aromatic rings. The molecular formula is C41H28NOP. The van der Waals surface area contributed by atoms with E-state index in [0.717, 1.165) is 54.6 Å². The van der Waals surface area contributed by atoms with Gasteiger partial charge in [-0.25, -0.2) is 4.98 Å². The first-order valence-corrected chi connectivity index (χ1v) is 16.5. The van der Waals surface area contributed by atoms with Gasteiger partial charge >= 0.3 is 0 Å². The largest absolute Gasteiger partial charge is 0.309 e. The molecule has 2 nitrogen and oxygen atoms in total. The van der Waals surface area contributed by atoms with Crippen molar-refractivity contribution in [3.63, 3.8) is 0 Å². The van der Waals surface area contributed by atoms with Crippen LogP contribution in [-0.2, 0) is 4.57 Å². The predicted molar refractivity (Wildman–Crippen MR) is 187 cm³/mol. The molecule has 0 fully saturated rings. The smallest absolute Gasteiger partial charge is 0.171 e. The summed E-state index contributed by atoms with van der Waals surface area (Å²) in [5.41, 5.74) is 5.06. The zero-order valence-corrected chi connectivity index (χ0v) is 24.9. The van der Waals surface area contributed by atoms with Crippen molar-refractivity contribution < 1.29 is 4.57 Å². The Balaban J connectivity index is 1.31. The zero-order chi connectivity index (χ0) is 29.5. The van der Waals surface area contributed by atoms with Gasteiger partial charge in [-0.1, -0.05) is 152 Å². The van der Waals surface area contributed by atoms with Crippen molar-refractivity contribution in [1.82, 2.24) is 4.98 Å². The van der Waals surface area contributed by atoms with Crippen LogP contribution in [0.4, 0.5) is 0 Å². The maximum atomic E-state index is 15.1. The van der Waals surface area contributed by atoms with Crippen molar-refractivity contribution in [1.29, 1.82) is 0 Å². The Bertz CT molecular complexity index is 2300. The lowest BCUT2D eigenvalue weighted by Crippen LogP contribution is -2.25. The van der Waals surface area contributed by atoms with Gasteiger partial charge in [0.2, 0.25) is 0 Å². The van der Waals surface area contributed by atoms with E-state index in [1.165, 1.54) is 16.2 Å². The van der Waals surface area contributed by atoms with Crippen LogP contribution in [0.5, 0.6) is 0 Å². The van der Waals surface area contributed by atoms with Crippen molar-refractivity contribution in [2.24, 2.45) is 0 Å². The quantitative estimate of drug-likeness (QED) is 0.150. The van der Waals surface area contributed by atoms with Crippen LogP contribution in [0.1, 0.15) is 0 Å². The van der Waals surface area contributed by atoms with E-state index < -0.39 is 7.14 Å². The summed E-state index contributed by atoms with van der Waals surface area (Å²) in [7, 11) is -3.09. The summed E-state index contributed by atoms with van der Waals surface area (Å²) in [5.74, 6) is 0. The van der Waals surface area contributed by atoms with E-state index >= 15 is 4.57 Å². The van der Waals surface area contributed by atoms with Crippen LogP contribution in [-0.4, -0.2) is 4.98 Å². The third-order valence-corrected chi connectivity index (χ3v) is 11.6. The SMILES string of the molecule is O=P(c1ccccc1)(c1ccccc1)c1cccc(-c2cccc(-c3nc4ccccc4c4c3ccc3ccccc34)c2)c1. The molecule has 0 atom stereocenters. The molecule has 44 heavy (non-hydrogen) atoms. The molecule has 0 aliphatic carbocycles. The van der Waals surface area contributed by atoms with E-state index in [-0.39, 0.29) is 0 Å². The minimum atomic E-state index is -3.09. The highest BCUT2D eigenvalue weighted by Gasteiger charge is 2.29. The number of pyridine rings is 1. The van der Waals surface area contributed by atoms with Crippen LogP contribution in [0.15, 0.2) is 170 Å². The van der Waals surface area contributed by atoms with Gasteiger partial charge in [0, 0.05) is 37.6 Å². The lowest BCUT2D eigenvalue weighted by atomic mass is 9.94. The van der Waals surface area contributed by atoms with E-state index in [1.807, 2.05) is 72.8 Å². The molecule has 0 saturated heterocycles. The molecule has 0 N–H and O–H groups in total. The topological polar surface area (TPSA) is 30.0 Å². The van der Waals surface area contributed by atoms with Gasteiger partial charge in [0.15, 0.2) is 7.14 Å². The normalized spacial score (nSPS) is 11.7. The second-order valence-electron chi connectivity index (χ2n) is 11.1. The van der Waals surface area contributed by atoms with Gasteiger partial charge in [-0.05, 0) is 40.1 Å². The highest BCUT2D eigenvalue weighted by atomic mass is 31.2. The summed E-state index contributed by atoms with van der Waals surface area (Å²) >= 11 is 0. The van der Waals surface area contributed by atoms with Crippen LogP contribution in [0.25, 0.3) is 54.8 Å². The van der Waals surface area contributed by atoms with Crippen molar-refractivity contribution in [3.8, 4) is 22.4 Å². The minimum absolute atomic E-state index is 0.818. The van der Waals surface area contributed by atoms with E-state index in [1.54, 1.807) is 0 Å². The highest BCUT2D eigenvalue weighted by molar-refractivity contribution is 7.85. The molecule has 0 radical (unpaired) electrons. The van der Waals surface area contributed by atoms with Crippen LogP contribution in [0.3, 0.4) is 0 Å². The fraction of sp³-hybridized carbons (Fsp3) is 0. The molecule has 1 aromatic heterocycles. The van der Waals surface area contributed by atoms with Crippen LogP contribution >= 0.6 is 7.14 Å². The second kappa shape index (κ2) is 10.8. The number of rotatable bonds is 5. The van der Waals surface area contributed by atoms with Crippen LogP contribution in [0.2, 0.25) is 0 Å². The average molecular weight is 582 g/mol. The van der Waals surface area contributed by atoms with Crippen molar-refractivity contribution in [3.05, 3.63) is 170 Å². The monoisotopic (exact) mass is 581 g/mol. The van der Waals surface area contributed by atoms with Crippen molar-refractivity contribution in [2.45, 2.75) is 0 Å². The number of hydrogen-bond acceptors (Lipinski definition) is 2. The third kappa shape index (κ3) is 4.35. The number of benzene rings is 7. The molecule has 0 saturated carbocycles. The first kappa shape index (κ1) is 26.3. The first-order chi connectivity index (χ1) is 21.7. The summed E-state index contributed by atoms with van der Waals surface area (Å²) in [6.45, 7) is 0. The molecule has 3 heteroatoms. The highest BCUT2D eigenvalue weighted by Crippen LogP contribution is 2.43. The Morgan fingerprint density at radius 3 is 1.73 bits per heavy atom. The van der Waals surface area contributed by atoms with Gasteiger partial charge in [-0.2, -0.15) is 0 Å². The minimum Gasteiger partial charge on any atom is -0.309 e. The van der Waals surface area contributed by atoms with Gasteiger partial charge in [0.1, 0.15) is 0 Å². The van der Waals surface area contributed by atoms with Gasteiger partial charge in [-0.15, -0.1) is 0 Å². The Hall–Kier alpha value is -5.30. The number of fused-ring (bicyclic) bond motifs is 5. The Labute approximate surface area is 256 Å². The molecule has 1 heterocycles. The molecule has 7 aromatic carbocycles. The average Bonchev–Trinajstić information content (AvgIpc) is 3.11. The molecule has 0 unspecified atom stereocenters. The fourth-order valence-electron chi connectivity index (χ4n) is 6.39. The van der Waals surface area contributed by atoms with E-state index in [0.29, 0.717) is 0 Å². The Kier molecular flexibility index (Phi) is 6.44. The molecule has 0 amide bonds. The molecule has 208 valence electrons. The summed E-state index contributed by atoms with van der Waals surface area (Å²) < 4.78 is 15.1. The van der Waals surface area contributed by atoms with E-state index in [2.05, 4.69) is 97.1 Å². The Morgan fingerprint density at radius 2 is 0.977 bits per heavy atom. The maximum Gasteiger partial charge on any atom is 0.171 e. The molecule has 0 aliphatic rings. The number of hydrogen-bond donors (Lipinski definition) is 0. The molecule has 0 spiro atoms. The summed E-state index contributed by atoms with van der Waals surface area (Å²) in [4.78, 5) is 5.21. The second-order valence-corrected chi connectivity index (χ2v) is 13.9. The molecule has 0 bridgehead atoms. The lowest BCUT2D eigenvalue weighted by molar-refractivity contribution is 0.592. The van der Waals surface area contributed by atoms with Crippen molar-refractivity contribution >= 4 is 55.5 Å². The maximum absolute atomic E-state index is 15.1. The molecular weight excluding hydrogens is 553 g/mol. The predicted octanol–water partition coefficient (Wildman–Crippen LogP) is 9.51. The van der Waals surface area contributed by atoms with E-state index in [9.17, 15) is 0 Å². The van der Waals surface area contributed by atoms with Gasteiger partial charge < -0.3 is 4.57 Å². The summed E-state index contributed by atoms with van der Waals surface area (Å²) in [6, 6.07) is 57.8. The number of para-hydroxylation sites is 1. The fourth-order valence-corrected chi connectivity index (χ4v) is 9.09. The molecule has 8 rings (SSSR count). The number of aromatic nitrogens is 1. The van der Waals surface area contributed by atoms with Gasteiger partial charge in [0.25, 0.3) is 0 Å². The van der Waals surface area contributed by atoms with Gasteiger partial charge in [-0.3, -0.25) is 0 Å². The summed E-state index contributed by atoms with van der Waals surface area (Å²) in [5, 5.41) is 8.43. The first-order valence-electron chi connectivity index (χ1n) is 14.8. The van der Waals surface area contributed by atoms with Crippen molar-refractivity contribution in [2.75, 3.05) is 0 Å². The third-order valence-electron chi connectivity index (χ3n) is 8.51. The Morgan fingerprint density at radius 1 is 0.409 bits per heavy atom. The zero-order valence-electron chi connectivity index (χ0n) is 24.0. The van der Waals surface area contributed by atoms with Crippen LogP contribution < -0.4 is 15.9 Å². The van der Waals surface area contributed by atoms with E-state index in [4.69, 9.17) is 4.98 Å². The number of nitrogens with zero attached hydrogens (tertiary/aromatic N) is 1. The van der Waals surface area contributed by atoms with Gasteiger partial charge in [0.05, 0.1) is 11.2 Å². The summed E-state index contributed by atoms with van der Waals surface area (Å²) in [6.07, 6.45) is 0.